The highest BCUT2D eigenvalue weighted by atomic mass is 35.5. The molecule has 1 aromatic carbocycles. The van der Waals surface area contributed by atoms with Crippen molar-refractivity contribution in [2.75, 3.05) is 6.54 Å². The predicted molar refractivity (Wildman–Crippen MR) is 73.3 cm³/mol. The number of rotatable bonds is 6. The minimum absolute atomic E-state index is 0.0291. The second kappa shape index (κ2) is 7.00. The van der Waals surface area contributed by atoms with Gasteiger partial charge in [0.25, 0.3) is 0 Å². The van der Waals surface area contributed by atoms with Gasteiger partial charge in [0.2, 0.25) is 0 Å². The van der Waals surface area contributed by atoms with E-state index in [0.29, 0.717) is 17.5 Å². The van der Waals surface area contributed by atoms with Crippen molar-refractivity contribution in [1.29, 1.82) is 0 Å². The second-order valence-electron chi connectivity index (χ2n) is 4.46. The van der Waals surface area contributed by atoms with Crippen LogP contribution in [0.3, 0.4) is 0 Å². The zero-order chi connectivity index (χ0) is 12.8. The summed E-state index contributed by atoms with van der Waals surface area (Å²) >= 11 is 5.98. The molecule has 0 aliphatic heterocycles. The SMILES string of the molecule is CCC(CC)C(O)C(CN)c1cccc(Cl)c1. The van der Waals surface area contributed by atoms with Crippen LogP contribution in [0.15, 0.2) is 24.3 Å². The molecule has 0 saturated carbocycles. The average Bonchev–Trinajstić information content (AvgIpc) is 2.31. The lowest BCUT2D eigenvalue weighted by Gasteiger charge is -2.28. The maximum atomic E-state index is 10.4. The van der Waals surface area contributed by atoms with Crippen molar-refractivity contribution in [2.45, 2.75) is 38.7 Å². The highest BCUT2D eigenvalue weighted by molar-refractivity contribution is 6.30. The molecule has 1 rings (SSSR count). The molecule has 0 saturated heterocycles. The topological polar surface area (TPSA) is 46.2 Å². The molecule has 0 amide bonds. The third kappa shape index (κ3) is 3.70. The van der Waals surface area contributed by atoms with E-state index in [9.17, 15) is 5.11 Å². The van der Waals surface area contributed by atoms with Gasteiger partial charge in [0.1, 0.15) is 0 Å². The maximum Gasteiger partial charge on any atom is 0.0648 e. The van der Waals surface area contributed by atoms with Crippen LogP contribution in [-0.4, -0.2) is 17.8 Å². The number of hydrogen-bond donors (Lipinski definition) is 2. The zero-order valence-corrected chi connectivity index (χ0v) is 11.3. The normalized spacial score (nSPS) is 14.9. The van der Waals surface area contributed by atoms with Crippen molar-refractivity contribution >= 4 is 11.6 Å². The Balaban J connectivity index is 2.90. The molecule has 0 radical (unpaired) electrons. The summed E-state index contributed by atoms with van der Waals surface area (Å²) in [5.41, 5.74) is 6.83. The van der Waals surface area contributed by atoms with E-state index in [-0.39, 0.29) is 5.92 Å². The molecule has 17 heavy (non-hydrogen) atoms. The molecule has 0 heterocycles. The Morgan fingerprint density at radius 3 is 2.41 bits per heavy atom. The minimum atomic E-state index is -0.395. The smallest absolute Gasteiger partial charge is 0.0648 e. The van der Waals surface area contributed by atoms with Gasteiger partial charge in [-0.2, -0.15) is 0 Å². The van der Waals surface area contributed by atoms with Crippen LogP contribution in [0.25, 0.3) is 0 Å². The lowest BCUT2D eigenvalue weighted by Crippen LogP contribution is -2.32. The number of nitrogens with two attached hydrogens (primary N) is 1. The van der Waals surface area contributed by atoms with Crippen molar-refractivity contribution in [2.24, 2.45) is 11.7 Å². The molecule has 0 aliphatic rings. The molecule has 1 aromatic rings. The molecule has 0 aromatic heterocycles. The van der Waals surface area contributed by atoms with Gasteiger partial charge in [0.05, 0.1) is 6.10 Å². The molecule has 0 aliphatic carbocycles. The van der Waals surface area contributed by atoms with Crippen LogP contribution < -0.4 is 5.73 Å². The quantitative estimate of drug-likeness (QED) is 0.820. The van der Waals surface area contributed by atoms with Crippen molar-refractivity contribution in [1.82, 2.24) is 0 Å². The molecule has 2 atom stereocenters. The Kier molecular flexibility index (Phi) is 5.96. The summed E-state index contributed by atoms with van der Waals surface area (Å²) in [6.45, 7) is 4.64. The molecular formula is C14H22ClNO. The standard InChI is InChI=1S/C14H22ClNO/c1-3-10(4-2)14(17)13(9-16)11-6-5-7-12(15)8-11/h5-8,10,13-14,17H,3-4,9,16H2,1-2H3. The molecule has 3 heteroatoms. The number of hydrogen-bond acceptors (Lipinski definition) is 2. The molecule has 0 bridgehead atoms. The first-order chi connectivity index (χ1) is 8.13. The third-order valence-electron chi connectivity index (χ3n) is 3.47. The second-order valence-corrected chi connectivity index (χ2v) is 4.90. The van der Waals surface area contributed by atoms with Gasteiger partial charge >= 0.3 is 0 Å². The van der Waals surface area contributed by atoms with Crippen LogP contribution in [0.2, 0.25) is 5.02 Å². The van der Waals surface area contributed by atoms with Gasteiger partial charge in [-0.1, -0.05) is 50.4 Å². The molecule has 2 nitrogen and oxygen atoms in total. The summed E-state index contributed by atoms with van der Waals surface area (Å²) in [4.78, 5) is 0. The van der Waals surface area contributed by atoms with Crippen LogP contribution in [0, 0.1) is 5.92 Å². The van der Waals surface area contributed by atoms with Crippen molar-refractivity contribution < 1.29 is 5.11 Å². The number of aliphatic hydroxyl groups is 1. The molecular weight excluding hydrogens is 234 g/mol. The van der Waals surface area contributed by atoms with Gasteiger partial charge in [-0.3, -0.25) is 0 Å². The number of aliphatic hydroxyl groups excluding tert-OH is 1. The fraction of sp³-hybridized carbons (Fsp3) is 0.571. The summed E-state index contributed by atoms with van der Waals surface area (Å²) in [5, 5.41) is 11.1. The monoisotopic (exact) mass is 255 g/mol. The highest BCUT2D eigenvalue weighted by Crippen LogP contribution is 2.28. The molecule has 3 N–H and O–H groups in total. The van der Waals surface area contributed by atoms with Crippen LogP contribution in [0.1, 0.15) is 38.2 Å². The first-order valence-corrected chi connectivity index (χ1v) is 6.65. The van der Waals surface area contributed by atoms with Crippen LogP contribution in [0.5, 0.6) is 0 Å². The van der Waals surface area contributed by atoms with Gasteiger partial charge in [-0.25, -0.2) is 0 Å². The van der Waals surface area contributed by atoms with Gasteiger partial charge < -0.3 is 10.8 Å². The van der Waals surface area contributed by atoms with E-state index in [0.717, 1.165) is 18.4 Å². The van der Waals surface area contributed by atoms with E-state index in [1.54, 1.807) is 0 Å². The molecule has 2 unspecified atom stereocenters. The summed E-state index contributed by atoms with van der Waals surface area (Å²) in [7, 11) is 0. The maximum absolute atomic E-state index is 10.4. The van der Waals surface area contributed by atoms with Crippen molar-refractivity contribution in [3.05, 3.63) is 34.9 Å². The molecule has 0 spiro atoms. The average molecular weight is 256 g/mol. The lowest BCUT2D eigenvalue weighted by molar-refractivity contribution is 0.0780. The highest BCUT2D eigenvalue weighted by Gasteiger charge is 2.25. The third-order valence-corrected chi connectivity index (χ3v) is 3.71. The van der Waals surface area contributed by atoms with Gasteiger partial charge in [0.15, 0.2) is 0 Å². The Morgan fingerprint density at radius 1 is 1.29 bits per heavy atom. The summed E-state index contributed by atoms with van der Waals surface area (Å²) in [5.74, 6) is 0.265. The zero-order valence-electron chi connectivity index (χ0n) is 10.6. The van der Waals surface area contributed by atoms with E-state index in [4.69, 9.17) is 17.3 Å². The van der Waals surface area contributed by atoms with E-state index >= 15 is 0 Å². The van der Waals surface area contributed by atoms with Gasteiger partial charge in [-0.05, 0) is 23.6 Å². The minimum Gasteiger partial charge on any atom is -0.392 e. The Bertz CT molecular complexity index is 339. The molecule has 96 valence electrons. The first kappa shape index (κ1) is 14.5. The van der Waals surface area contributed by atoms with E-state index in [1.165, 1.54) is 0 Å². The van der Waals surface area contributed by atoms with E-state index in [2.05, 4.69) is 13.8 Å². The van der Waals surface area contributed by atoms with Gasteiger partial charge in [0, 0.05) is 17.5 Å². The number of halogens is 1. The van der Waals surface area contributed by atoms with Crippen molar-refractivity contribution in [3.63, 3.8) is 0 Å². The largest absolute Gasteiger partial charge is 0.392 e. The van der Waals surface area contributed by atoms with E-state index < -0.39 is 6.10 Å². The van der Waals surface area contributed by atoms with Crippen molar-refractivity contribution in [3.8, 4) is 0 Å². The fourth-order valence-corrected chi connectivity index (χ4v) is 2.51. The van der Waals surface area contributed by atoms with Gasteiger partial charge in [-0.15, -0.1) is 0 Å². The summed E-state index contributed by atoms with van der Waals surface area (Å²) in [6, 6.07) is 7.61. The summed E-state index contributed by atoms with van der Waals surface area (Å²) < 4.78 is 0. The molecule has 0 fully saturated rings. The Hall–Kier alpha value is -0.570. The Morgan fingerprint density at radius 2 is 1.94 bits per heavy atom. The van der Waals surface area contributed by atoms with Crippen LogP contribution in [-0.2, 0) is 0 Å². The van der Waals surface area contributed by atoms with Crippen LogP contribution >= 0.6 is 11.6 Å². The Labute approximate surface area is 109 Å². The fourth-order valence-electron chi connectivity index (χ4n) is 2.31. The van der Waals surface area contributed by atoms with Crippen LogP contribution in [0.4, 0.5) is 0 Å². The number of benzene rings is 1. The summed E-state index contributed by atoms with van der Waals surface area (Å²) in [6.07, 6.45) is 1.54. The van der Waals surface area contributed by atoms with E-state index in [1.807, 2.05) is 24.3 Å². The lowest BCUT2D eigenvalue weighted by atomic mass is 9.83. The predicted octanol–water partition coefficient (Wildman–Crippen LogP) is 3.18. The first-order valence-electron chi connectivity index (χ1n) is 6.27.